The minimum absolute atomic E-state index is 0. The van der Waals surface area contributed by atoms with Crippen molar-refractivity contribution in [2.24, 2.45) is 0 Å². The number of hydrogen-bond acceptors (Lipinski definition) is 5. The van der Waals surface area contributed by atoms with Crippen LogP contribution in [0.3, 0.4) is 0 Å². The molecule has 0 saturated carbocycles. The van der Waals surface area contributed by atoms with Crippen molar-refractivity contribution in [2.45, 2.75) is 11.8 Å². The average Bonchev–Trinajstić information content (AvgIpc) is 3.17. The normalized spacial score (nSPS) is 11.6. The Morgan fingerprint density at radius 2 is 1.58 bits per heavy atom. The summed E-state index contributed by atoms with van der Waals surface area (Å²) in [7, 11) is -4.47. The lowest BCUT2D eigenvalue weighted by molar-refractivity contribution is 0.471. The van der Waals surface area contributed by atoms with E-state index in [1.165, 1.54) is 6.07 Å². The lowest BCUT2D eigenvalue weighted by Crippen LogP contribution is -1.97. The van der Waals surface area contributed by atoms with Crippen molar-refractivity contribution in [3.8, 4) is 34.0 Å². The lowest BCUT2D eigenvalue weighted by Gasteiger charge is -2.10. The van der Waals surface area contributed by atoms with Crippen LogP contribution in [0.15, 0.2) is 71.6 Å². The first-order valence-corrected chi connectivity index (χ1v) is 11.2. The molecule has 4 aromatic carbocycles. The molecule has 0 atom stereocenters. The average molecular weight is 483 g/mol. The molecule has 4 N–H and O–H groups in total. The Morgan fingerprint density at radius 3 is 2.30 bits per heavy atom. The molecular weight excluding hydrogens is 464 g/mol. The van der Waals surface area contributed by atoms with Crippen molar-refractivity contribution in [2.75, 3.05) is 0 Å². The first-order chi connectivity index (χ1) is 15.2. The van der Waals surface area contributed by atoms with E-state index in [-0.39, 0.29) is 23.9 Å². The minimum Gasteiger partial charge on any atom is -0.507 e. The summed E-state index contributed by atoms with van der Waals surface area (Å²) in [6.45, 7) is 1.97. The molecule has 5 rings (SSSR count). The molecule has 0 aliphatic rings. The fraction of sp³-hybridized carbons (Fsp3) is 0.0417. The maximum absolute atomic E-state index is 11.5. The summed E-state index contributed by atoms with van der Waals surface area (Å²) in [6, 6.07) is 18.7. The SMILES string of the molecule is Cc1ccccc1-c1cccc(-c2nc3c(ccc4cc(S(=O)(=O)O)cc(O)c43)[nH]2)c1O.Cl. The Hall–Kier alpha value is -3.59. The van der Waals surface area contributed by atoms with Crippen LogP contribution in [0.4, 0.5) is 0 Å². The summed E-state index contributed by atoms with van der Waals surface area (Å²) in [4.78, 5) is 7.35. The Kier molecular flexibility index (Phi) is 5.53. The highest BCUT2D eigenvalue weighted by molar-refractivity contribution is 7.85. The van der Waals surface area contributed by atoms with Gasteiger partial charge in [0.2, 0.25) is 0 Å². The third kappa shape index (κ3) is 3.78. The van der Waals surface area contributed by atoms with Crippen molar-refractivity contribution in [3.63, 3.8) is 0 Å². The van der Waals surface area contributed by atoms with Gasteiger partial charge >= 0.3 is 0 Å². The summed E-state index contributed by atoms with van der Waals surface area (Å²) >= 11 is 0. The third-order valence-corrected chi connectivity index (χ3v) is 6.38. The van der Waals surface area contributed by atoms with E-state index in [0.717, 1.165) is 17.2 Å². The van der Waals surface area contributed by atoms with E-state index in [1.807, 2.05) is 43.3 Å². The predicted molar refractivity (Wildman–Crippen MR) is 130 cm³/mol. The zero-order valence-corrected chi connectivity index (χ0v) is 18.9. The number of aryl methyl sites for hydroxylation is 1. The Morgan fingerprint density at radius 1 is 0.879 bits per heavy atom. The number of nitrogens with zero attached hydrogens (tertiary/aromatic N) is 1. The highest BCUT2D eigenvalue weighted by atomic mass is 35.5. The zero-order valence-electron chi connectivity index (χ0n) is 17.3. The maximum Gasteiger partial charge on any atom is 0.294 e. The highest BCUT2D eigenvalue weighted by Gasteiger charge is 2.19. The number of imidazole rings is 1. The van der Waals surface area contributed by atoms with Crippen LogP contribution in [-0.4, -0.2) is 33.2 Å². The molecule has 1 heterocycles. The van der Waals surface area contributed by atoms with Gasteiger partial charge in [-0.3, -0.25) is 4.55 Å². The first-order valence-electron chi connectivity index (χ1n) is 9.75. The topological polar surface area (TPSA) is 124 Å². The summed E-state index contributed by atoms with van der Waals surface area (Å²) in [5.41, 5.74) is 4.11. The number of phenols is 2. The second-order valence-electron chi connectivity index (χ2n) is 7.58. The Balaban J connectivity index is 0.00000259. The molecular formula is C24H19ClN2O5S. The van der Waals surface area contributed by atoms with Gasteiger partial charge in [-0.15, -0.1) is 12.4 Å². The number of aromatic hydroxyl groups is 2. The van der Waals surface area contributed by atoms with Gasteiger partial charge in [-0.1, -0.05) is 42.5 Å². The van der Waals surface area contributed by atoms with Gasteiger partial charge in [0.05, 0.1) is 21.4 Å². The fourth-order valence-corrected chi connectivity index (χ4v) is 4.52. The van der Waals surface area contributed by atoms with E-state index in [1.54, 1.807) is 18.2 Å². The van der Waals surface area contributed by atoms with Crippen LogP contribution in [0, 0.1) is 6.92 Å². The van der Waals surface area contributed by atoms with Crippen molar-refractivity contribution < 1.29 is 23.2 Å². The number of rotatable bonds is 3. The number of aromatic nitrogens is 2. The minimum atomic E-state index is -4.47. The van der Waals surface area contributed by atoms with Gasteiger partial charge in [0.1, 0.15) is 22.8 Å². The van der Waals surface area contributed by atoms with Crippen LogP contribution in [0.5, 0.6) is 11.5 Å². The number of fused-ring (bicyclic) bond motifs is 3. The summed E-state index contributed by atoms with van der Waals surface area (Å²) in [6.07, 6.45) is 0. The van der Waals surface area contributed by atoms with E-state index in [9.17, 15) is 23.2 Å². The number of nitrogens with one attached hydrogen (secondary N) is 1. The number of hydrogen-bond donors (Lipinski definition) is 4. The molecule has 5 aromatic rings. The van der Waals surface area contributed by atoms with Gasteiger partial charge in [0, 0.05) is 11.6 Å². The van der Waals surface area contributed by atoms with Gasteiger partial charge in [0.25, 0.3) is 10.1 Å². The quantitative estimate of drug-likeness (QED) is 0.254. The van der Waals surface area contributed by atoms with Gasteiger partial charge in [0.15, 0.2) is 0 Å². The van der Waals surface area contributed by atoms with Gasteiger partial charge < -0.3 is 15.2 Å². The van der Waals surface area contributed by atoms with E-state index < -0.39 is 15.0 Å². The molecule has 168 valence electrons. The van der Waals surface area contributed by atoms with Crippen molar-refractivity contribution in [3.05, 3.63) is 72.3 Å². The molecule has 0 radical (unpaired) electrons. The molecule has 0 bridgehead atoms. The van der Waals surface area contributed by atoms with Crippen LogP contribution < -0.4 is 0 Å². The van der Waals surface area contributed by atoms with E-state index in [2.05, 4.69) is 9.97 Å². The highest BCUT2D eigenvalue weighted by Crippen LogP contribution is 2.40. The Bertz CT molecular complexity index is 1640. The molecule has 0 saturated heterocycles. The van der Waals surface area contributed by atoms with Crippen molar-refractivity contribution in [1.82, 2.24) is 9.97 Å². The molecule has 9 heteroatoms. The van der Waals surface area contributed by atoms with Gasteiger partial charge in [-0.25, -0.2) is 4.98 Å². The molecule has 0 unspecified atom stereocenters. The standard InChI is InChI=1S/C24H18N2O5S.ClH/c1-13-5-2-3-6-16(13)17-7-4-8-18(23(17)28)24-25-19-10-9-14-11-15(32(29,30)31)12-20(27)21(14)22(19)26-24;/h2-12,27-28H,1H3,(H,25,26)(H,29,30,31);1H. The van der Waals surface area contributed by atoms with Gasteiger partial charge in [-0.2, -0.15) is 8.42 Å². The number of halogens is 1. The third-order valence-electron chi connectivity index (χ3n) is 5.54. The molecule has 0 fully saturated rings. The number of para-hydroxylation sites is 1. The van der Waals surface area contributed by atoms with Crippen LogP contribution in [0.1, 0.15) is 5.56 Å². The summed E-state index contributed by atoms with van der Waals surface area (Å²) in [5, 5.41) is 22.3. The number of phenolic OH excluding ortho intramolecular Hbond substituents is 2. The molecule has 0 aliphatic heterocycles. The maximum atomic E-state index is 11.5. The molecule has 1 aromatic heterocycles. The monoisotopic (exact) mass is 482 g/mol. The second kappa shape index (κ2) is 8.08. The van der Waals surface area contributed by atoms with Crippen LogP contribution in [0.2, 0.25) is 0 Å². The van der Waals surface area contributed by atoms with Crippen LogP contribution in [-0.2, 0) is 10.1 Å². The Labute approximate surface area is 195 Å². The first kappa shape index (κ1) is 22.6. The molecule has 7 nitrogen and oxygen atoms in total. The largest absolute Gasteiger partial charge is 0.507 e. The summed E-state index contributed by atoms with van der Waals surface area (Å²) in [5.74, 6) is 0.151. The number of benzene rings is 4. The smallest absolute Gasteiger partial charge is 0.294 e. The fourth-order valence-electron chi connectivity index (χ4n) is 3.99. The van der Waals surface area contributed by atoms with Crippen LogP contribution >= 0.6 is 12.4 Å². The van der Waals surface area contributed by atoms with Gasteiger partial charge in [-0.05, 0) is 41.6 Å². The molecule has 0 spiro atoms. The molecule has 0 aliphatic carbocycles. The van der Waals surface area contributed by atoms with Crippen LogP contribution in [0.25, 0.3) is 44.3 Å². The summed E-state index contributed by atoms with van der Waals surface area (Å²) < 4.78 is 32.3. The molecule has 0 amide bonds. The molecule has 33 heavy (non-hydrogen) atoms. The lowest BCUT2D eigenvalue weighted by atomic mass is 9.97. The zero-order chi connectivity index (χ0) is 22.6. The van der Waals surface area contributed by atoms with E-state index >= 15 is 0 Å². The van der Waals surface area contributed by atoms with E-state index in [0.29, 0.717) is 38.8 Å². The second-order valence-corrected chi connectivity index (χ2v) is 9.00. The van der Waals surface area contributed by atoms with Crippen molar-refractivity contribution >= 4 is 44.3 Å². The number of H-pyrrole nitrogens is 1. The number of aromatic amines is 1. The van der Waals surface area contributed by atoms with Crippen molar-refractivity contribution in [1.29, 1.82) is 0 Å². The van der Waals surface area contributed by atoms with E-state index in [4.69, 9.17) is 0 Å². The predicted octanol–water partition coefficient (Wildman–Crippen LogP) is 5.44.